The zero-order chi connectivity index (χ0) is 21.2. The first-order valence-corrected chi connectivity index (χ1v) is 10.5. The van der Waals surface area contributed by atoms with Gasteiger partial charge in [0.2, 0.25) is 16.9 Å². The van der Waals surface area contributed by atoms with Gasteiger partial charge in [-0.15, -0.1) is 10.2 Å². The fraction of sp³-hybridized carbons (Fsp3) is 0.500. The second-order valence-corrected chi connectivity index (χ2v) is 8.12. The first-order valence-electron chi connectivity index (χ1n) is 9.69. The standard InChI is InChI=1S/C20H28FN5O2S/c1-4-5-19-24-25-20(29-19)23-18(28)11-10-17(27)22-16(12-13-26(2)3)14-6-8-15(21)9-7-14/h6-9,16H,4-5,10-13H2,1-3H3,(H,22,27)(H,23,25,28). The van der Waals surface area contributed by atoms with Crippen molar-refractivity contribution in [1.82, 2.24) is 20.4 Å². The number of carbonyl (C=O) groups excluding carboxylic acids is 2. The Labute approximate surface area is 174 Å². The summed E-state index contributed by atoms with van der Waals surface area (Å²) in [6.45, 7) is 2.82. The molecule has 0 spiro atoms. The number of hydrogen-bond donors (Lipinski definition) is 2. The highest BCUT2D eigenvalue weighted by Gasteiger charge is 2.16. The van der Waals surface area contributed by atoms with Gasteiger partial charge in [-0.2, -0.15) is 0 Å². The summed E-state index contributed by atoms with van der Waals surface area (Å²) in [5.41, 5.74) is 0.836. The fourth-order valence-corrected chi connectivity index (χ4v) is 3.56. The van der Waals surface area contributed by atoms with Crippen molar-refractivity contribution < 1.29 is 14.0 Å². The van der Waals surface area contributed by atoms with Crippen molar-refractivity contribution >= 4 is 28.3 Å². The van der Waals surface area contributed by atoms with E-state index in [-0.39, 0.29) is 36.5 Å². The van der Waals surface area contributed by atoms with Crippen LogP contribution in [0.5, 0.6) is 0 Å². The molecule has 0 saturated carbocycles. The largest absolute Gasteiger partial charge is 0.349 e. The van der Waals surface area contributed by atoms with E-state index in [0.717, 1.165) is 30.0 Å². The molecule has 2 N–H and O–H groups in total. The molecule has 2 amide bonds. The number of anilines is 1. The topological polar surface area (TPSA) is 87.2 Å². The lowest BCUT2D eigenvalue weighted by Gasteiger charge is -2.21. The van der Waals surface area contributed by atoms with Gasteiger partial charge in [-0.05, 0) is 51.2 Å². The predicted octanol–water partition coefficient (Wildman–Crippen LogP) is 3.16. The lowest BCUT2D eigenvalue weighted by molar-refractivity contribution is -0.125. The molecule has 0 saturated heterocycles. The van der Waals surface area contributed by atoms with Gasteiger partial charge in [0.25, 0.3) is 0 Å². The van der Waals surface area contributed by atoms with Gasteiger partial charge in [0, 0.05) is 19.3 Å². The number of amides is 2. The summed E-state index contributed by atoms with van der Waals surface area (Å²) < 4.78 is 13.2. The van der Waals surface area contributed by atoms with Gasteiger partial charge in [-0.25, -0.2) is 4.39 Å². The molecular weight excluding hydrogens is 393 g/mol. The highest BCUT2D eigenvalue weighted by Crippen LogP contribution is 2.19. The van der Waals surface area contributed by atoms with E-state index in [4.69, 9.17) is 0 Å². The minimum Gasteiger partial charge on any atom is -0.349 e. The third-order valence-corrected chi connectivity index (χ3v) is 5.13. The lowest BCUT2D eigenvalue weighted by Crippen LogP contribution is -2.31. The third-order valence-electron chi connectivity index (χ3n) is 4.23. The number of aromatic nitrogens is 2. The molecule has 1 atom stereocenters. The molecule has 0 fully saturated rings. The van der Waals surface area contributed by atoms with Crippen LogP contribution in [0.15, 0.2) is 24.3 Å². The van der Waals surface area contributed by atoms with Crippen LogP contribution in [0.2, 0.25) is 0 Å². The molecule has 29 heavy (non-hydrogen) atoms. The normalized spacial score (nSPS) is 12.0. The van der Waals surface area contributed by atoms with Crippen LogP contribution in [-0.4, -0.2) is 47.6 Å². The van der Waals surface area contributed by atoms with Gasteiger partial charge in [0.05, 0.1) is 6.04 Å². The van der Waals surface area contributed by atoms with E-state index in [9.17, 15) is 14.0 Å². The Kier molecular flexibility index (Phi) is 9.14. The first kappa shape index (κ1) is 22.9. The Morgan fingerprint density at radius 2 is 1.83 bits per heavy atom. The van der Waals surface area contributed by atoms with Crippen LogP contribution >= 0.6 is 11.3 Å². The highest BCUT2D eigenvalue weighted by atomic mass is 32.1. The Balaban J connectivity index is 1.86. The monoisotopic (exact) mass is 421 g/mol. The summed E-state index contributed by atoms with van der Waals surface area (Å²) >= 11 is 1.35. The first-order chi connectivity index (χ1) is 13.9. The molecule has 1 aromatic carbocycles. The van der Waals surface area contributed by atoms with E-state index < -0.39 is 0 Å². The number of hydrogen-bond acceptors (Lipinski definition) is 6. The number of aryl methyl sites for hydroxylation is 1. The van der Waals surface area contributed by atoms with Crippen LogP contribution in [-0.2, 0) is 16.0 Å². The van der Waals surface area contributed by atoms with Crippen molar-refractivity contribution in [2.24, 2.45) is 0 Å². The minimum absolute atomic E-state index is 0.0539. The summed E-state index contributed by atoms with van der Waals surface area (Å²) in [4.78, 5) is 26.5. The van der Waals surface area contributed by atoms with E-state index in [0.29, 0.717) is 11.6 Å². The molecule has 1 aromatic heterocycles. The summed E-state index contributed by atoms with van der Waals surface area (Å²) in [6.07, 6.45) is 2.59. The van der Waals surface area contributed by atoms with Gasteiger partial charge in [0.15, 0.2) is 0 Å². The van der Waals surface area contributed by atoms with Crippen molar-refractivity contribution in [3.8, 4) is 0 Å². The van der Waals surface area contributed by atoms with Gasteiger partial charge >= 0.3 is 0 Å². The van der Waals surface area contributed by atoms with Crippen LogP contribution < -0.4 is 10.6 Å². The third kappa shape index (κ3) is 8.25. The van der Waals surface area contributed by atoms with Crippen molar-refractivity contribution in [3.63, 3.8) is 0 Å². The maximum atomic E-state index is 13.2. The van der Waals surface area contributed by atoms with Crippen LogP contribution in [0.1, 0.15) is 49.2 Å². The van der Waals surface area contributed by atoms with Crippen LogP contribution in [0.25, 0.3) is 0 Å². The predicted molar refractivity (Wildman–Crippen MR) is 112 cm³/mol. The van der Waals surface area contributed by atoms with Crippen molar-refractivity contribution in [1.29, 1.82) is 0 Å². The zero-order valence-electron chi connectivity index (χ0n) is 17.1. The maximum absolute atomic E-state index is 13.2. The Morgan fingerprint density at radius 1 is 1.14 bits per heavy atom. The van der Waals surface area contributed by atoms with Crippen LogP contribution in [0, 0.1) is 5.82 Å². The molecule has 2 rings (SSSR count). The van der Waals surface area contributed by atoms with Gasteiger partial charge in [-0.1, -0.05) is 30.4 Å². The van der Waals surface area contributed by atoms with E-state index in [2.05, 4.69) is 27.8 Å². The molecular formula is C20H28FN5O2S. The van der Waals surface area contributed by atoms with Crippen LogP contribution in [0.4, 0.5) is 9.52 Å². The Hall–Kier alpha value is -2.39. The van der Waals surface area contributed by atoms with E-state index in [1.165, 1.54) is 23.5 Å². The Morgan fingerprint density at radius 3 is 2.48 bits per heavy atom. The quantitative estimate of drug-likeness (QED) is 0.582. The Bertz CT molecular complexity index is 794. The molecule has 1 unspecified atom stereocenters. The average Bonchev–Trinajstić information content (AvgIpc) is 3.11. The van der Waals surface area contributed by atoms with Gasteiger partial charge in [0.1, 0.15) is 10.8 Å². The molecule has 7 nitrogen and oxygen atoms in total. The molecule has 0 radical (unpaired) electrons. The molecule has 2 aromatic rings. The van der Waals surface area contributed by atoms with E-state index >= 15 is 0 Å². The fourth-order valence-electron chi connectivity index (χ4n) is 2.70. The number of rotatable bonds is 11. The molecule has 0 aliphatic rings. The van der Waals surface area contributed by atoms with Gasteiger partial charge in [-0.3, -0.25) is 9.59 Å². The van der Waals surface area contributed by atoms with E-state index in [1.807, 2.05) is 19.0 Å². The summed E-state index contributed by atoms with van der Waals surface area (Å²) in [7, 11) is 3.90. The number of nitrogens with zero attached hydrogens (tertiary/aromatic N) is 3. The van der Waals surface area contributed by atoms with Crippen molar-refractivity contribution in [3.05, 3.63) is 40.7 Å². The van der Waals surface area contributed by atoms with Crippen LogP contribution in [0.3, 0.4) is 0 Å². The second kappa shape index (κ2) is 11.6. The second-order valence-electron chi connectivity index (χ2n) is 7.06. The summed E-state index contributed by atoms with van der Waals surface area (Å²) in [5, 5.41) is 14.9. The summed E-state index contributed by atoms with van der Waals surface area (Å²) in [6, 6.07) is 5.87. The van der Waals surface area contributed by atoms with Gasteiger partial charge < -0.3 is 15.5 Å². The molecule has 0 aliphatic carbocycles. The molecule has 1 heterocycles. The maximum Gasteiger partial charge on any atom is 0.226 e. The zero-order valence-corrected chi connectivity index (χ0v) is 17.9. The summed E-state index contributed by atoms with van der Waals surface area (Å²) in [5.74, 6) is -0.815. The highest BCUT2D eigenvalue weighted by molar-refractivity contribution is 7.15. The molecule has 0 aliphatic heterocycles. The molecule has 9 heteroatoms. The smallest absolute Gasteiger partial charge is 0.226 e. The number of halogens is 1. The van der Waals surface area contributed by atoms with Crippen molar-refractivity contribution in [2.75, 3.05) is 26.0 Å². The minimum atomic E-state index is -0.318. The van der Waals surface area contributed by atoms with E-state index in [1.54, 1.807) is 12.1 Å². The number of nitrogens with one attached hydrogen (secondary N) is 2. The average molecular weight is 422 g/mol. The number of benzene rings is 1. The lowest BCUT2D eigenvalue weighted by atomic mass is 10.0. The molecule has 0 bridgehead atoms. The molecule has 158 valence electrons. The number of carbonyl (C=O) groups is 2. The SMILES string of the molecule is CCCc1nnc(NC(=O)CCC(=O)NC(CCN(C)C)c2ccc(F)cc2)s1. The van der Waals surface area contributed by atoms with Crippen molar-refractivity contribution in [2.45, 2.75) is 45.1 Å².